The van der Waals surface area contributed by atoms with Crippen molar-refractivity contribution in [3.8, 4) is 0 Å². The van der Waals surface area contributed by atoms with Gasteiger partial charge in [-0.05, 0) is 25.5 Å². The minimum absolute atomic E-state index is 0.139. The number of imide groups is 1. The number of carbonyl (C=O) groups is 2. The molecule has 1 saturated heterocycles. The average Bonchev–Trinajstić information content (AvgIpc) is 2.43. The summed E-state index contributed by atoms with van der Waals surface area (Å²) in [4.78, 5) is 26.1. The van der Waals surface area contributed by atoms with Crippen LogP contribution in [-0.2, 0) is 4.79 Å². The maximum atomic E-state index is 12.5. The third-order valence-electron chi connectivity index (χ3n) is 3.41. The Bertz CT molecular complexity index is 498. The number of nitrogens with one attached hydrogen (secondary N) is 1. The average molecular weight is 258 g/mol. The Morgan fingerprint density at radius 1 is 1.47 bits per heavy atom. The lowest BCUT2D eigenvalue weighted by Gasteiger charge is -2.38. The fourth-order valence-corrected chi connectivity index (χ4v) is 2.30. The van der Waals surface area contributed by atoms with Gasteiger partial charge in [-0.3, -0.25) is 19.8 Å². The molecule has 4 heteroatoms. The van der Waals surface area contributed by atoms with E-state index >= 15 is 0 Å². The molecule has 1 aliphatic rings. The fraction of sp³-hybridized carbons (Fsp3) is 0.333. The van der Waals surface area contributed by atoms with Gasteiger partial charge in [-0.25, -0.2) is 0 Å². The van der Waals surface area contributed by atoms with Crippen molar-refractivity contribution in [3.63, 3.8) is 0 Å². The Balaban J connectivity index is 2.23. The predicted octanol–water partition coefficient (Wildman–Crippen LogP) is 1.80. The van der Waals surface area contributed by atoms with Crippen LogP contribution in [0.5, 0.6) is 0 Å². The smallest absolute Gasteiger partial charge is 0.261 e. The third-order valence-corrected chi connectivity index (χ3v) is 3.41. The number of hydrogen-bond donors (Lipinski definition) is 1. The zero-order valence-electron chi connectivity index (χ0n) is 11.1. The molecule has 0 aromatic heterocycles. The zero-order chi connectivity index (χ0) is 13.9. The lowest BCUT2D eigenvalue weighted by Crippen LogP contribution is -2.58. The maximum absolute atomic E-state index is 12.5. The summed E-state index contributed by atoms with van der Waals surface area (Å²) in [7, 11) is 0. The molecule has 1 N–H and O–H groups in total. The number of amides is 2. The largest absolute Gasteiger partial charge is 0.298 e. The Kier molecular flexibility index (Phi) is 3.81. The van der Waals surface area contributed by atoms with Crippen LogP contribution in [0.15, 0.2) is 43.0 Å². The van der Waals surface area contributed by atoms with E-state index in [4.69, 9.17) is 0 Å². The Labute approximate surface area is 113 Å². The Morgan fingerprint density at radius 3 is 2.79 bits per heavy atom. The lowest BCUT2D eigenvalue weighted by molar-refractivity contribution is -0.141. The summed E-state index contributed by atoms with van der Waals surface area (Å²) in [5.41, 5.74) is -0.0646. The molecule has 1 heterocycles. The summed E-state index contributed by atoms with van der Waals surface area (Å²) in [6.45, 7) is 6.36. The topological polar surface area (TPSA) is 49.4 Å². The van der Waals surface area contributed by atoms with Crippen LogP contribution < -0.4 is 5.32 Å². The first-order valence-corrected chi connectivity index (χ1v) is 6.31. The van der Waals surface area contributed by atoms with E-state index < -0.39 is 5.41 Å². The predicted molar refractivity (Wildman–Crippen MR) is 73.4 cm³/mol. The molecule has 1 aliphatic heterocycles. The second-order valence-corrected chi connectivity index (χ2v) is 5.04. The highest BCUT2D eigenvalue weighted by Gasteiger charge is 2.41. The van der Waals surface area contributed by atoms with Gasteiger partial charge in [0.25, 0.3) is 5.91 Å². The molecule has 19 heavy (non-hydrogen) atoms. The fourth-order valence-electron chi connectivity index (χ4n) is 2.30. The molecule has 1 aromatic rings. The van der Waals surface area contributed by atoms with Gasteiger partial charge in [0.05, 0.1) is 12.1 Å². The molecular formula is C15H18N2O2. The highest BCUT2D eigenvalue weighted by Crippen LogP contribution is 2.27. The van der Waals surface area contributed by atoms with Crippen molar-refractivity contribution < 1.29 is 9.59 Å². The number of nitrogens with zero attached hydrogens (tertiary/aromatic N) is 1. The molecule has 0 spiro atoms. The van der Waals surface area contributed by atoms with Crippen LogP contribution in [0.2, 0.25) is 0 Å². The van der Waals surface area contributed by atoms with Crippen LogP contribution in [0.3, 0.4) is 0 Å². The molecule has 2 amide bonds. The number of rotatable bonds is 3. The van der Waals surface area contributed by atoms with Crippen molar-refractivity contribution in [1.82, 2.24) is 10.2 Å². The molecule has 0 radical (unpaired) electrons. The van der Waals surface area contributed by atoms with Gasteiger partial charge < -0.3 is 0 Å². The van der Waals surface area contributed by atoms with Crippen molar-refractivity contribution >= 4 is 11.8 Å². The van der Waals surface area contributed by atoms with Crippen LogP contribution in [0.4, 0.5) is 0 Å². The van der Waals surface area contributed by atoms with Crippen molar-refractivity contribution in [3.05, 3.63) is 48.6 Å². The minimum Gasteiger partial charge on any atom is -0.298 e. The maximum Gasteiger partial charge on any atom is 0.261 e. The van der Waals surface area contributed by atoms with E-state index in [9.17, 15) is 9.59 Å². The van der Waals surface area contributed by atoms with Crippen LogP contribution in [-0.4, -0.2) is 29.9 Å². The number of allylic oxidation sites excluding steroid dienone is 1. The molecule has 1 fully saturated rings. The van der Waals surface area contributed by atoms with Crippen molar-refractivity contribution in [2.75, 3.05) is 13.2 Å². The standard InChI is InChI=1S/C15H18N2O2/c1-3-9-15(2)10-16-11-17(14(15)19)13(18)12-7-5-4-6-8-12/h3-8,16H,1,9-11H2,2H3/t15-/m1/s1. The summed E-state index contributed by atoms with van der Waals surface area (Å²) in [5.74, 6) is -0.395. The van der Waals surface area contributed by atoms with E-state index in [2.05, 4.69) is 11.9 Å². The van der Waals surface area contributed by atoms with Gasteiger partial charge in [0.1, 0.15) is 0 Å². The summed E-state index contributed by atoms with van der Waals surface area (Å²) >= 11 is 0. The van der Waals surface area contributed by atoms with Crippen LogP contribution in [0.25, 0.3) is 0 Å². The van der Waals surface area contributed by atoms with Gasteiger partial charge in [0.15, 0.2) is 0 Å². The van der Waals surface area contributed by atoms with Crippen LogP contribution >= 0.6 is 0 Å². The SMILES string of the molecule is C=CC[C@]1(C)CNCN(C(=O)c2ccccc2)C1=O. The third kappa shape index (κ3) is 2.58. The van der Waals surface area contributed by atoms with Crippen molar-refractivity contribution in [2.45, 2.75) is 13.3 Å². The summed E-state index contributed by atoms with van der Waals surface area (Å²) in [5, 5.41) is 3.13. The molecular weight excluding hydrogens is 240 g/mol. The minimum atomic E-state index is -0.593. The molecule has 0 aliphatic carbocycles. The first-order valence-electron chi connectivity index (χ1n) is 6.31. The Hall–Kier alpha value is -1.94. The molecule has 0 saturated carbocycles. The molecule has 0 bridgehead atoms. The number of hydrogen-bond acceptors (Lipinski definition) is 3. The van der Waals surface area contributed by atoms with E-state index in [0.29, 0.717) is 18.5 Å². The van der Waals surface area contributed by atoms with Gasteiger partial charge in [-0.2, -0.15) is 0 Å². The molecule has 1 atom stereocenters. The first kappa shape index (κ1) is 13.5. The van der Waals surface area contributed by atoms with Crippen molar-refractivity contribution in [2.24, 2.45) is 5.41 Å². The molecule has 100 valence electrons. The zero-order valence-corrected chi connectivity index (χ0v) is 11.1. The molecule has 2 rings (SSSR count). The number of benzene rings is 1. The van der Waals surface area contributed by atoms with Gasteiger partial charge in [-0.15, -0.1) is 6.58 Å². The highest BCUT2D eigenvalue weighted by atomic mass is 16.2. The highest BCUT2D eigenvalue weighted by molar-refractivity contribution is 6.06. The van der Waals surface area contributed by atoms with Gasteiger partial charge >= 0.3 is 0 Å². The van der Waals surface area contributed by atoms with Gasteiger partial charge in [0, 0.05) is 12.1 Å². The molecule has 1 aromatic carbocycles. The van der Waals surface area contributed by atoms with E-state index in [-0.39, 0.29) is 18.5 Å². The monoisotopic (exact) mass is 258 g/mol. The second-order valence-electron chi connectivity index (χ2n) is 5.04. The quantitative estimate of drug-likeness (QED) is 0.664. The Morgan fingerprint density at radius 2 is 2.16 bits per heavy atom. The number of carbonyl (C=O) groups excluding carboxylic acids is 2. The van der Waals surface area contributed by atoms with Gasteiger partial charge in [-0.1, -0.05) is 24.3 Å². The van der Waals surface area contributed by atoms with Crippen LogP contribution in [0, 0.1) is 5.41 Å². The first-order chi connectivity index (χ1) is 9.08. The van der Waals surface area contributed by atoms with Gasteiger partial charge in [0.2, 0.25) is 5.91 Å². The molecule has 0 unspecified atom stereocenters. The summed E-state index contributed by atoms with van der Waals surface area (Å²) in [6, 6.07) is 8.86. The normalized spacial score (nSPS) is 23.2. The van der Waals surface area contributed by atoms with E-state index in [1.807, 2.05) is 13.0 Å². The van der Waals surface area contributed by atoms with Crippen LogP contribution in [0.1, 0.15) is 23.7 Å². The van der Waals surface area contributed by atoms with E-state index in [1.54, 1.807) is 30.3 Å². The van der Waals surface area contributed by atoms with Crippen molar-refractivity contribution in [1.29, 1.82) is 0 Å². The van der Waals surface area contributed by atoms with E-state index in [0.717, 1.165) is 0 Å². The lowest BCUT2D eigenvalue weighted by atomic mass is 9.83. The second kappa shape index (κ2) is 5.36. The van der Waals surface area contributed by atoms with E-state index in [1.165, 1.54) is 4.90 Å². The molecule has 4 nitrogen and oxygen atoms in total. The summed E-state index contributed by atoms with van der Waals surface area (Å²) < 4.78 is 0. The summed E-state index contributed by atoms with van der Waals surface area (Å²) in [6.07, 6.45) is 2.27.